The van der Waals surface area contributed by atoms with E-state index in [1.807, 2.05) is 31.2 Å². The molecule has 0 saturated carbocycles. The summed E-state index contributed by atoms with van der Waals surface area (Å²) in [4.78, 5) is 12.3. The van der Waals surface area contributed by atoms with E-state index in [0.29, 0.717) is 26.1 Å². The number of nitrogens with one attached hydrogen (secondary N) is 1. The molecule has 3 N–H and O–H groups in total. The Balaban J connectivity index is 2.02. The van der Waals surface area contributed by atoms with Crippen molar-refractivity contribution in [1.82, 2.24) is 5.32 Å². The summed E-state index contributed by atoms with van der Waals surface area (Å²) in [6, 6.07) is 7.55. The highest BCUT2D eigenvalue weighted by molar-refractivity contribution is 5.86. The van der Waals surface area contributed by atoms with Crippen molar-refractivity contribution in [1.29, 1.82) is 0 Å². The van der Waals surface area contributed by atoms with Gasteiger partial charge in [-0.25, -0.2) is 0 Å². The molecule has 1 saturated heterocycles. The Hall–Kier alpha value is -1.59. The van der Waals surface area contributed by atoms with Crippen molar-refractivity contribution in [2.45, 2.75) is 31.3 Å². The van der Waals surface area contributed by atoms with E-state index in [0.717, 1.165) is 11.3 Å². The average molecular weight is 278 g/mol. The number of nitrogens with two attached hydrogens (primary N) is 1. The molecule has 20 heavy (non-hydrogen) atoms. The number of carbonyl (C=O) groups is 1. The standard InChI is InChI=1S/C15H22N2O3/c1-11(12-4-3-5-13(10-12)19-2)17-14(18)15(16)6-8-20-9-7-15/h3-5,10-11H,6-9,16H2,1-2H3,(H,17,18)/t11-/m0/s1. The zero-order chi connectivity index (χ0) is 14.6. The SMILES string of the molecule is COc1cccc([C@H](C)NC(=O)C2(N)CCOCC2)c1. The molecule has 1 aliphatic rings. The lowest BCUT2D eigenvalue weighted by molar-refractivity contribution is -0.130. The van der Waals surface area contributed by atoms with Gasteiger partial charge in [-0.1, -0.05) is 12.1 Å². The summed E-state index contributed by atoms with van der Waals surface area (Å²) in [5, 5.41) is 2.98. The van der Waals surface area contributed by atoms with Crippen LogP contribution >= 0.6 is 0 Å². The fraction of sp³-hybridized carbons (Fsp3) is 0.533. The zero-order valence-electron chi connectivity index (χ0n) is 12.0. The van der Waals surface area contributed by atoms with Crippen molar-refractivity contribution in [2.24, 2.45) is 5.73 Å². The van der Waals surface area contributed by atoms with E-state index in [4.69, 9.17) is 15.2 Å². The zero-order valence-corrected chi connectivity index (χ0v) is 12.0. The molecule has 1 aromatic carbocycles. The van der Waals surface area contributed by atoms with E-state index in [-0.39, 0.29) is 11.9 Å². The van der Waals surface area contributed by atoms with Gasteiger partial charge in [0.25, 0.3) is 0 Å². The van der Waals surface area contributed by atoms with Gasteiger partial charge in [0.2, 0.25) is 5.91 Å². The number of amides is 1. The third-order valence-electron chi connectivity index (χ3n) is 3.78. The lowest BCUT2D eigenvalue weighted by Gasteiger charge is -2.33. The van der Waals surface area contributed by atoms with Gasteiger partial charge >= 0.3 is 0 Å². The maximum Gasteiger partial charge on any atom is 0.240 e. The first kappa shape index (κ1) is 14.8. The molecule has 0 radical (unpaired) electrons. The third kappa shape index (κ3) is 3.29. The number of carbonyl (C=O) groups excluding carboxylic acids is 1. The molecule has 1 fully saturated rings. The van der Waals surface area contributed by atoms with Crippen LogP contribution in [0.4, 0.5) is 0 Å². The van der Waals surface area contributed by atoms with Gasteiger partial charge in [-0.05, 0) is 37.5 Å². The van der Waals surface area contributed by atoms with E-state index in [2.05, 4.69) is 5.32 Å². The van der Waals surface area contributed by atoms with Crippen LogP contribution in [0.15, 0.2) is 24.3 Å². The van der Waals surface area contributed by atoms with E-state index in [1.165, 1.54) is 0 Å². The molecule has 110 valence electrons. The number of ether oxygens (including phenoxy) is 2. The normalized spacial score (nSPS) is 19.1. The Labute approximate surface area is 119 Å². The van der Waals surface area contributed by atoms with Gasteiger partial charge in [-0.3, -0.25) is 4.79 Å². The minimum Gasteiger partial charge on any atom is -0.497 e. The Morgan fingerprint density at radius 3 is 2.80 bits per heavy atom. The first-order chi connectivity index (χ1) is 9.55. The molecule has 1 amide bonds. The number of hydrogen-bond donors (Lipinski definition) is 2. The van der Waals surface area contributed by atoms with Crippen molar-refractivity contribution < 1.29 is 14.3 Å². The second kappa shape index (κ2) is 6.24. The Morgan fingerprint density at radius 2 is 2.15 bits per heavy atom. The highest BCUT2D eigenvalue weighted by Gasteiger charge is 2.36. The van der Waals surface area contributed by atoms with Crippen LogP contribution < -0.4 is 15.8 Å². The van der Waals surface area contributed by atoms with Crippen molar-refractivity contribution in [3.05, 3.63) is 29.8 Å². The van der Waals surface area contributed by atoms with Gasteiger partial charge in [-0.2, -0.15) is 0 Å². The number of hydrogen-bond acceptors (Lipinski definition) is 4. The van der Waals surface area contributed by atoms with Crippen LogP contribution in [0.25, 0.3) is 0 Å². The highest BCUT2D eigenvalue weighted by atomic mass is 16.5. The first-order valence-electron chi connectivity index (χ1n) is 6.87. The minimum atomic E-state index is -0.814. The van der Waals surface area contributed by atoms with E-state index in [1.54, 1.807) is 7.11 Å². The van der Waals surface area contributed by atoms with Gasteiger partial charge in [-0.15, -0.1) is 0 Å². The van der Waals surface area contributed by atoms with E-state index in [9.17, 15) is 4.79 Å². The Bertz CT molecular complexity index is 470. The van der Waals surface area contributed by atoms with Crippen molar-refractivity contribution >= 4 is 5.91 Å². The predicted molar refractivity (Wildman–Crippen MR) is 76.5 cm³/mol. The van der Waals surface area contributed by atoms with Gasteiger partial charge < -0.3 is 20.5 Å². The molecular weight excluding hydrogens is 256 g/mol. The van der Waals surface area contributed by atoms with Crippen LogP contribution in [0.3, 0.4) is 0 Å². The minimum absolute atomic E-state index is 0.110. The lowest BCUT2D eigenvalue weighted by Crippen LogP contribution is -2.57. The summed E-state index contributed by atoms with van der Waals surface area (Å²) in [5.41, 5.74) is 6.35. The monoisotopic (exact) mass is 278 g/mol. The molecular formula is C15H22N2O3. The van der Waals surface area contributed by atoms with Gasteiger partial charge in [0.05, 0.1) is 18.7 Å². The fourth-order valence-corrected chi connectivity index (χ4v) is 2.30. The molecule has 5 heteroatoms. The Kier molecular flexibility index (Phi) is 4.62. The largest absolute Gasteiger partial charge is 0.497 e. The van der Waals surface area contributed by atoms with Crippen LogP contribution in [0, 0.1) is 0 Å². The summed E-state index contributed by atoms with van der Waals surface area (Å²) in [6.07, 6.45) is 1.12. The van der Waals surface area contributed by atoms with E-state index >= 15 is 0 Å². The second-order valence-corrected chi connectivity index (χ2v) is 5.24. The van der Waals surface area contributed by atoms with Crippen molar-refractivity contribution in [3.63, 3.8) is 0 Å². The molecule has 0 aromatic heterocycles. The first-order valence-corrected chi connectivity index (χ1v) is 6.87. The molecule has 0 spiro atoms. The van der Waals surface area contributed by atoms with Gasteiger partial charge in [0, 0.05) is 13.2 Å². The molecule has 1 aromatic rings. The summed E-state index contributed by atoms with van der Waals surface area (Å²) >= 11 is 0. The second-order valence-electron chi connectivity index (χ2n) is 5.24. The molecule has 1 aliphatic heterocycles. The molecule has 0 bridgehead atoms. The molecule has 0 unspecified atom stereocenters. The predicted octanol–water partition coefficient (Wildman–Crippen LogP) is 1.38. The molecule has 1 heterocycles. The summed E-state index contributed by atoms with van der Waals surface area (Å²) < 4.78 is 10.5. The fourth-order valence-electron chi connectivity index (χ4n) is 2.30. The highest BCUT2D eigenvalue weighted by Crippen LogP contribution is 2.22. The summed E-state index contributed by atoms with van der Waals surface area (Å²) in [6.45, 7) is 3.02. The molecule has 1 atom stereocenters. The van der Waals surface area contributed by atoms with Gasteiger partial charge in [0.15, 0.2) is 0 Å². The van der Waals surface area contributed by atoms with Crippen LogP contribution in [0.5, 0.6) is 5.75 Å². The summed E-state index contributed by atoms with van der Waals surface area (Å²) in [7, 11) is 1.62. The maximum absolute atomic E-state index is 12.3. The molecule has 0 aliphatic carbocycles. The average Bonchev–Trinajstić information content (AvgIpc) is 2.48. The molecule has 2 rings (SSSR count). The lowest BCUT2D eigenvalue weighted by atomic mass is 9.90. The number of rotatable bonds is 4. The number of benzene rings is 1. The van der Waals surface area contributed by atoms with Crippen LogP contribution in [-0.4, -0.2) is 31.8 Å². The molecule has 5 nitrogen and oxygen atoms in total. The quantitative estimate of drug-likeness (QED) is 0.872. The number of methoxy groups -OCH3 is 1. The maximum atomic E-state index is 12.3. The Morgan fingerprint density at radius 1 is 1.45 bits per heavy atom. The summed E-state index contributed by atoms with van der Waals surface area (Å²) in [5.74, 6) is 0.660. The van der Waals surface area contributed by atoms with Crippen molar-refractivity contribution in [3.8, 4) is 5.75 Å². The van der Waals surface area contributed by atoms with E-state index < -0.39 is 5.54 Å². The van der Waals surface area contributed by atoms with Crippen LogP contribution in [-0.2, 0) is 9.53 Å². The topological polar surface area (TPSA) is 73.6 Å². The smallest absolute Gasteiger partial charge is 0.240 e. The van der Waals surface area contributed by atoms with Crippen LogP contribution in [0.1, 0.15) is 31.4 Å². The van der Waals surface area contributed by atoms with Gasteiger partial charge in [0.1, 0.15) is 5.75 Å². The van der Waals surface area contributed by atoms with Crippen molar-refractivity contribution in [2.75, 3.05) is 20.3 Å². The van der Waals surface area contributed by atoms with Crippen LogP contribution in [0.2, 0.25) is 0 Å². The third-order valence-corrected chi connectivity index (χ3v) is 3.78.